The SMILES string of the molecule is CC(C)NCc1nn(-c2ccccc2)c2c1CN(Cc1cccc(F)c1)CC2. The normalized spacial score (nSPS) is 14.4. The summed E-state index contributed by atoms with van der Waals surface area (Å²) in [5, 5.41) is 8.46. The van der Waals surface area contributed by atoms with Crippen LogP contribution in [0.5, 0.6) is 0 Å². The third kappa shape index (κ3) is 4.16. The largest absolute Gasteiger partial charge is 0.309 e. The molecule has 5 heteroatoms. The molecule has 2 aromatic carbocycles. The van der Waals surface area contributed by atoms with Crippen LogP contribution in [0.25, 0.3) is 5.69 Å². The maximum absolute atomic E-state index is 13.6. The molecule has 146 valence electrons. The summed E-state index contributed by atoms with van der Waals surface area (Å²) in [6.45, 7) is 7.60. The van der Waals surface area contributed by atoms with E-state index in [0.717, 1.165) is 49.5 Å². The summed E-state index contributed by atoms with van der Waals surface area (Å²) in [4.78, 5) is 2.38. The Morgan fingerprint density at radius 1 is 1.11 bits per heavy atom. The zero-order valence-electron chi connectivity index (χ0n) is 16.5. The van der Waals surface area contributed by atoms with Crippen molar-refractivity contribution >= 4 is 0 Å². The molecule has 1 aliphatic rings. The summed E-state index contributed by atoms with van der Waals surface area (Å²) in [5.41, 5.74) is 5.83. The number of aromatic nitrogens is 2. The van der Waals surface area contributed by atoms with Crippen LogP contribution in [0, 0.1) is 5.82 Å². The van der Waals surface area contributed by atoms with Gasteiger partial charge >= 0.3 is 0 Å². The van der Waals surface area contributed by atoms with E-state index in [1.165, 1.54) is 17.3 Å². The Morgan fingerprint density at radius 2 is 1.93 bits per heavy atom. The fraction of sp³-hybridized carbons (Fsp3) is 0.348. The van der Waals surface area contributed by atoms with Gasteiger partial charge in [-0.15, -0.1) is 0 Å². The fourth-order valence-corrected chi connectivity index (χ4v) is 3.80. The third-order valence-electron chi connectivity index (χ3n) is 5.19. The van der Waals surface area contributed by atoms with Gasteiger partial charge in [-0.25, -0.2) is 9.07 Å². The first-order chi connectivity index (χ1) is 13.6. The van der Waals surface area contributed by atoms with Crippen molar-refractivity contribution in [2.45, 2.75) is 45.9 Å². The van der Waals surface area contributed by atoms with Crippen molar-refractivity contribution in [3.63, 3.8) is 0 Å². The van der Waals surface area contributed by atoms with Crippen LogP contribution in [-0.4, -0.2) is 27.3 Å². The number of para-hydroxylation sites is 1. The van der Waals surface area contributed by atoms with Gasteiger partial charge in [0.15, 0.2) is 0 Å². The zero-order valence-corrected chi connectivity index (χ0v) is 16.5. The summed E-state index contributed by atoms with van der Waals surface area (Å²) in [6.07, 6.45) is 0.939. The Kier molecular flexibility index (Phi) is 5.55. The molecule has 4 nitrogen and oxygen atoms in total. The summed E-state index contributed by atoms with van der Waals surface area (Å²) < 4.78 is 15.7. The van der Waals surface area contributed by atoms with Gasteiger partial charge in [0.1, 0.15) is 5.82 Å². The van der Waals surface area contributed by atoms with Crippen LogP contribution in [-0.2, 0) is 26.1 Å². The lowest BCUT2D eigenvalue weighted by atomic mass is 10.0. The van der Waals surface area contributed by atoms with E-state index in [1.54, 1.807) is 12.1 Å². The molecule has 0 spiro atoms. The molecule has 2 heterocycles. The van der Waals surface area contributed by atoms with Crippen molar-refractivity contribution in [2.24, 2.45) is 0 Å². The minimum absolute atomic E-state index is 0.172. The van der Waals surface area contributed by atoms with Crippen molar-refractivity contribution in [1.82, 2.24) is 20.0 Å². The van der Waals surface area contributed by atoms with Gasteiger partial charge in [0.05, 0.1) is 17.1 Å². The standard InChI is InChI=1S/C23H27FN4/c1-17(2)25-14-22-21-16-27(15-18-7-6-8-19(24)13-18)12-11-23(21)28(26-22)20-9-4-3-5-10-20/h3-10,13,17,25H,11-12,14-16H2,1-2H3. The van der Waals surface area contributed by atoms with E-state index in [-0.39, 0.29) is 5.82 Å². The van der Waals surface area contributed by atoms with Crippen LogP contribution in [0.2, 0.25) is 0 Å². The highest BCUT2D eigenvalue weighted by Crippen LogP contribution is 2.26. The Balaban J connectivity index is 1.62. The molecular weight excluding hydrogens is 351 g/mol. The molecule has 3 aromatic rings. The van der Waals surface area contributed by atoms with Gasteiger partial charge in [-0.3, -0.25) is 4.90 Å². The second-order valence-electron chi connectivity index (χ2n) is 7.75. The van der Waals surface area contributed by atoms with Crippen molar-refractivity contribution in [3.8, 4) is 5.69 Å². The van der Waals surface area contributed by atoms with E-state index in [9.17, 15) is 4.39 Å². The number of rotatable bonds is 6. The predicted molar refractivity (Wildman–Crippen MR) is 110 cm³/mol. The molecule has 0 fully saturated rings. The molecule has 0 saturated carbocycles. The van der Waals surface area contributed by atoms with Crippen LogP contribution in [0.4, 0.5) is 4.39 Å². The smallest absolute Gasteiger partial charge is 0.123 e. The molecular formula is C23H27FN4. The molecule has 1 aromatic heterocycles. The molecule has 0 aliphatic carbocycles. The van der Waals surface area contributed by atoms with Gasteiger partial charge < -0.3 is 5.32 Å². The Labute approximate surface area is 166 Å². The van der Waals surface area contributed by atoms with E-state index >= 15 is 0 Å². The lowest BCUT2D eigenvalue weighted by Crippen LogP contribution is -2.31. The highest BCUT2D eigenvalue weighted by atomic mass is 19.1. The Morgan fingerprint density at radius 3 is 2.68 bits per heavy atom. The predicted octanol–water partition coefficient (Wildman–Crippen LogP) is 4.07. The molecule has 0 bridgehead atoms. The van der Waals surface area contributed by atoms with Crippen LogP contribution in [0.1, 0.15) is 36.4 Å². The van der Waals surface area contributed by atoms with Crippen molar-refractivity contribution in [3.05, 3.63) is 82.9 Å². The molecule has 0 amide bonds. The molecule has 0 radical (unpaired) electrons. The molecule has 4 rings (SSSR count). The number of halogens is 1. The van der Waals surface area contributed by atoms with E-state index in [4.69, 9.17) is 5.10 Å². The van der Waals surface area contributed by atoms with Gasteiger partial charge in [0.25, 0.3) is 0 Å². The highest BCUT2D eigenvalue weighted by Gasteiger charge is 2.25. The van der Waals surface area contributed by atoms with E-state index in [2.05, 4.69) is 53.0 Å². The zero-order chi connectivity index (χ0) is 19.5. The van der Waals surface area contributed by atoms with Crippen LogP contribution >= 0.6 is 0 Å². The molecule has 1 N–H and O–H groups in total. The van der Waals surface area contributed by atoms with Crippen LogP contribution in [0.15, 0.2) is 54.6 Å². The maximum Gasteiger partial charge on any atom is 0.123 e. The molecule has 0 saturated heterocycles. The first kappa shape index (κ1) is 18.8. The average molecular weight is 378 g/mol. The number of benzene rings is 2. The summed E-state index contributed by atoms with van der Waals surface area (Å²) >= 11 is 0. The molecule has 0 unspecified atom stereocenters. The molecule has 28 heavy (non-hydrogen) atoms. The topological polar surface area (TPSA) is 33.1 Å². The number of hydrogen-bond acceptors (Lipinski definition) is 3. The Bertz CT molecular complexity index is 933. The van der Waals surface area contributed by atoms with E-state index in [1.807, 2.05) is 12.1 Å². The molecule has 1 aliphatic heterocycles. The number of fused-ring (bicyclic) bond motifs is 1. The second kappa shape index (κ2) is 8.25. The number of nitrogens with zero attached hydrogens (tertiary/aromatic N) is 3. The quantitative estimate of drug-likeness (QED) is 0.702. The van der Waals surface area contributed by atoms with Gasteiger partial charge in [-0.1, -0.05) is 44.2 Å². The van der Waals surface area contributed by atoms with Gasteiger partial charge in [-0.2, -0.15) is 5.10 Å². The monoisotopic (exact) mass is 378 g/mol. The number of hydrogen-bond donors (Lipinski definition) is 1. The fourth-order valence-electron chi connectivity index (χ4n) is 3.80. The third-order valence-corrected chi connectivity index (χ3v) is 5.19. The van der Waals surface area contributed by atoms with Crippen molar-refractivity contribution in [2.75, 3.05) is 6.54 Å². The van der Waals surface area contributed by atoms with Gasteiger partial charge in [-0.05, 0) is 29.8 Å². The second-order valence-corrected chi connectivity index (χ2v) is 7.75. The molecule has 0 atom stereocenters. The highest BCUT2D eigenvalue weighted by molar-refractivity contribution is 5.39. The van der Waals surface area contributed by atoms with Crippen molar-refractivity contribution in [1.29, 1.82) is 0 Å². The van der Waals surface area contributed by atoms with Crippen molar-refractivity contribution < 1.29 is 4.39 Å². The first-order valence-electron chi connectivity index (χ1n) is 9.95. The Hall–Kier alpha value is -2.50. The van der Waals surface area contributed by atoms with Crippen LogP contribution in [0.3, 0.4) is 0 Å². The van der Waals surface area contributed by atoms with Gasteiger partial charge in [0.2, 0.25) is 0 Å². The summed E-state index contributed by atoms with van der Waals surface area (Å²) in [7, 11) is 0. The summed E-state index contributed by atoms with van der Waals surface area (Å²) in [6, 6.07) is 17.6. The average Bonchev–Trinajstić information content (AvgIpc) is 3.05. The lowest BCUT2D eigenvalue weighted by Gasteiger charge is -2.28. The van der Waals surface area contributed by atoms with E-state index in [0.29, 0.717) is 6.04 Å². The lowest BCUT2D eigenvalue weighted by molar-refractivity contribution is 0.242. The maximum atomic E-state index is 13.6. The minimum atomic E-state index is -0.172. The van der Waals surface area contributed by atoms with E-state index < -0.39 is 0 Å². The first-order valence-corrected chi connectivity index (χ1v) is 9.95. The summed E-state index contributed by atoms with van der Waals surface area (Å²) in [5.74, 6) is -0.172. The minimum Gasteiger partial charge on any atom is -0.309 e. The van der Waals surface area contributed by atoms with Gasteiger partial charge in [0, 0.05) is 44.2 Å². The van der Waals surface area contributed by atoms with Crippen LogP contribution < -0.4 is 5.32 Å². The number of nitrogens with one attached hydrogen (secondary N) is 1.